The summed E-state index contributed by atoms with van der Waals surface area (Å²) < 4.78 is 4.45. The van der Waals surface area contributed by atoms with E-state index in [1.165, 1.54) is 7.11 Å². The second kappa shape index (κ2) is 5.92. The van der Waals surface area contributed by atoms with Gasteiger partial charge in [-0.1, -0.05) is 11.6 Å². The molecule has 0 atom stereocenters. The maximum absolute atomic E-state index is 10.6. The Morgan fingerprint density at radius 3 is 2.64 bits per heavy atom. The van der Waals surface area contributed by atoms with E-state index >= 15 is 0 Å². The molecule has 0 saturated heterocycles. The lowest BCUT2D eigenvalue weighted by molar-refractivity contribution is -0.140. The Balaban J connectivity index is 3.53. The number of aliphatic hydroxyl groups is 1. The van der Waals surface area contributed by atoms with Gasteiger partial charge in [-0.3, -0.25) is 4.79 Å². The number of carbonyl (C=O) groups excluding carboxylic acids is 1. The Labute approximate surface area is 66.7 Å². The Morgan fingerprint density at radius 1 is 1.55 bits per heavy atom. The molecule has 0 amide bonds. The lowest BCUT2D eigenvalue weighted by Gasteiger charge is -1.98. The van der Waals surface area contributed by atoms with Crippen LogP contribution in [0.2, 0.25) is 0 Å². The van der Waals surface area contributed by atoms with Gasteiger partial charge >= 0.3 is 5.97 Å². The average Bonchev–Trinajstić information content (AvgIpc) is 2.01. The summed E-state index contributed by atoms with van der Waals surface area (Å²) in [5.74, 6) is -0.212. The molecule has 0 spiro atoms. The van der Waals surface area contributed by atoms with Gasteiger partial charge in [-0.2, -0.15) is 0 Å². The molecule has 0 aliphatic heterocycles. The van der Waals surface area contributed by atoms with Crippen molar-refractivity contribution in [1.82, 2.24) is 0 Å². The SMILES string of the molecule is COC(=O)CC/C(C)=C/CO. The van der Waals surface area contributed by atoms with Crippen LogP contribution in [0, 0.1) is 0 Å². The van der Waals surface area contributed by atoms with Gasteiger partial charge in [-0.05, 0) is 13.3 Å². The minimum Gasteiger partial charge on any atom is -0.469 e. The van der Waals surface area contributed by atoms with Crippen LogP contribution in [0.15, 0.2) is 11.6 Å². The van der Waals surface area contributed by atoms with Crippen molar-refractivity contribution in [3.8, 4) is 0 Å². The van der Waals surface area contributed by atoms with Crippen LogP contribution in [0.5, 0.6) is 0 Å². The molecular formula is C8H14O3. The molecule has 0 bridgehead atoms. The summed E-state index contributed by atoms with van der Waals surface area (Å²) in [6.45, 7) is 1.91. The lowest BCUT2D eigenvalue weighted by Crippen LogP contribution is -1.99. The predicted molar refractivity (Wildman–Crippen MR) is 42.1 cm³/mol. The van der Waals surface area contributed by atoms with E-state index in [2.05, 4.69) is 4.74 Å². The first-order valence-corrected chi connectivity index (χ1v) is 3.54. The lowest BCUT2D eigenvalue weighted by atomic mass is 10.1. The first-order chi connectivity index (χ1) is 5.20. The Bertz CT molecular complexity index is 149. The number of carbonyl (C=O) groups is 1. The number of methoxy groups -OCH3 is 1. The molecule has 0 aliphatic carbocycles. The minimum absolute atomic E-state index is 0.0347. The molecule has 0 aromatic rings. The summed E-state index contributed by atoms with van der Waals surface area (Å²) in [6, 6.07) is 0. The van der Waals surface area contributed by atoms with Gasteiger partial charge in [-0.15, -0.1) is 0 Å². The maximum Gasteiger partial charge on any atom is 0.305 e. The van der Waals surface area contributed by atoms with Crippen LogP contribution in [0.1, 0.15) is 19.8 Å². The van der Waals surface area contributed by atoms with E-state index in [1.807, 2.05) is 6.92 Å². The van der Waals surface area contributed by atoms with Crippen molar-refractivity contribution in [2.75, 3.05) is 13.7 Å². The first kappa shape index (κ1) is 10.2. The molecule has 64 valence electrons. The number of hydrogen-bond donors (Lipinski definition) is 1. The summed E-state index contributed by atoms with van der Waals surface area (Å²) in [4.78, 5) is 10.6. The van der Waals surface area contributed by atoms with Gasteiger partial charge in [-0.25, -0.2) is 0 Å². The quantitative estimate of drug-likeness (QED) is 0.488. The van der Waals surface area contributed by atoms with E-state index < -0.39 is 0 Å². The highest BCUT2D eigenvalue weighted by atomic mass is 16.5. The van der Waals surface area contributed by atoms with Crippen molar-refractivity contribution >= 4 is 5.97 Å². The fourth-order valence-electron chi connectivity index (χ4n) is 0.659. The second-order valence-corrected chi connectivity index (χ2v) is 2.31. The van der Waals surface area contributed by atoms with E-state index in [0.29, 0.717) is 12.8 Å². The predicted octanol–water partition coefficient (Wildman–Crippen LogP) is 0.878. The Kier molecular flexibility index (Phi) is 5.47. The van der Waals surface area contributed by atoms with E-state index in [-0.39, 0.29) is 12.6 Å². The summed E-state index contributed by atoms with van der Waals surface area (Å²) in [6.07, 6.45) is 2.73. The molecule has 0 aliphatic rings. The number of rotatable bonds is 4. The normalized spacial score (nSPS) is 11.4. The van der Waals surface area contributed by atoms with Crippen molar-refractivity contribution in [1.29, 1.82) is 0 Å². The fourth-order valence-corrected chi connectivity index (χ4v) is 0.659. The molecule has 3 nitrogen and oxygen atoms in total. The molecule has 0 rings (SSSR count). The molecular weight excluding hydrogens is 144 g/mol. The van der Waals surface area contributed by atoms with Crippen molar-refractivity contribution in [3.05, 3.63) is 11.6 Å². The van der Waals surface area contributed by atoms with Gasteiger partial charge in [0, 0.05) is 6.42 Å². The van der Waals surface area contributed by atoms with Crippen LogP contribution in [0.25, 0.3) is 0 Å². The van der Waals surface area contributed by atoms with E-state index in [9.17, 15) is 4.79 Å². The highest BCUT2D eigenvalue weighted by molar-refractivity contribution is 5.69. The van der Waals surface area contributed by atoms with Crippen LogP contribution in [0.3, 0.4) is 0 Å². The maximum atomic E-state index is 10.6. The summed E-state index contributed by atoms with van der Waals surface area (Å²) in [5, 5.41) is 8.47. The van der Waals surface area contributed by atoms with E-state index in [4.69, 9.17) is 5.11 Å². The van der Waals surface area contributed by atoms with Crippen LogP contribution in [0.4, 0.5) is 0 Å². The van der Waals surface area contributed by atoms with Crippen LogP contribution < -0.4 is 0 Å². The summed E-state index contributed by atoms with van der Waals surface area (Å²) in [5.41, 5.74) is 1.01. The summed E-state index contributed by atoms with van der Waals surface area (Å²) >= 11 is 0. The number of ether oxygens (including phenoxy) is 1. The van der Waals surface area contributed by atoms with Gasteiger partial charge in [0.25, 0.3) is 0 Å². The Hall–Kier alpha value is -0.830. The molecule has 0 fully saturated rings. The van der Waals surface area contributed by atoms with E-state index in [1.54, 1.807) is 6.08 Å². The zero-order chi connectivity index (χ0) is 8.69. The molecule has 0 aromatic carbocycles. The number of allylic oxidation sites excluding steroid dienone is 1. The van der Waals surface area contributed by atoms with Crippen molar-refractivity contribution in [2.24, 2.45) is 0 Å². The second-order valence-electron chi connectivity index (χ2n) is 2.31. The third kappa shape index (κ3) is 5.61. The van der Waals surface area contributed by atoms with Crippen LogP contribution >= 0.6 is 0 Å². The zero-order valence-corrected chi connectivity index (χ0v) is 6.96. The third-order valence-electron chi connectivity index (χ3n) is 1.39. The van der Waals surface area contributed by atoms with Crippen LogP contribution in [-0.4, -0.2) is 24.8 Å². The topological polar surface area (TPSA) is 46.5 Å². The monoisotopic (exact) mass is 158 g/mol. The zero-order valence-electron chi connectivity index (χ0n) is 6.96. The third-order valence-corrected chi connectivity index (χ3v) is 1.39. The smallest absolute Gasteiger partial charge is 0.305 e. The molecule has 1 N–H and O–H groups in total. The largest absolute Gasteiger partial charge is 0.469 e. The number of aliphatic hydroxyl groups excluding tert-OH is 1. The van der Waals surface area contributed by atoms with Gasteiger partial charge in [0.1, 0.15) is 0 Å². The highest BCUT2D eigenvalue weighted by Gasteiger charge is 1.99. The summed E-state index contributed by atoms with van der Waals surface area (Å²) in [7, 11) is 1.37. The Morgan fingerprint density at radius 2 is 2.18 bits per heavy atom. The molecule has 0 radical (unpaired) electrons. The average molecular weight is 158 g/mol. The van der Waals surface area contributed by atoms with Crippen molar-refractivity contribution < 1.29 is 14.6 Å². The van der Waals surface area contributed by atoms with Crippen molar-refractivity contribution in [2.45, 2.75) is 19.8 Å². The van der Waals surface area contributed by atoms with Crippen molar-refractivity contribution in [3.63, 3.8) is 0 Å². The molecule has 11 heavy (non-hydrogen) atoms. The number of hydrogen-bond acceptors (Lipinski definition) is 3. The number of esters is 1. The molecule has 0 unspecified atom stereocenters. The van der Waals surface area contributed by atoms with Gasteiger partial charge in [0.2, 0.25) is 0 Å². The standard InChI is InChI=1S/C8H14O3/c1-7(5-6-9)3-4-8(10)11-2/h5,9H,3-4,6H2,1-2H3/b7-5+. The molecule has 0 aromatic heterocycles. The molecule has 0 heterocycles. The van der Waals surface area contributed by atoms with Gasteiger partial charge < -0.3 is 9.84 Å². The van der Waals surface area contributed by atoms with E-state index in [0.717, 1.165) is 5.57 Å². The van der Waals surface area contributed by atoms with Crippen LogP contribution in [-0.2, 0) is 9.53 Å². The van der Waals surface area contributed by atoms with Gasteiger partial charge in [0.05, 0.1) is 13.7 Å². The van der Waals surface area contributed by atoms with Gasteiger partial charge in [0.15, 0.2) is 0 Å². The highest BCUT2D eigenvalue weighted by Crippen LogP contribution is 2.03. The minimum atomic E-state index is -0.212. The first-order valence-electron chi connectivity index (χ1n) is 3.54. The molecule has 3 heteroatoms. The molecule has 0 saturated carbocycles. The fraction of sp³-hybridized carbons (Fsp3) is 0.625.